The third kappa shape index (κ3) is 7.64. The van der Waals surface area contributed by atoms with Crippen molar-refractivity contribution >= 4 is 49.2 Å². The zero-order valence-corrected chi connectivity index (χ0v) is 11.7. The highest BCUT2D eigenvalue weighted by Gasteiger charge is 2.29. The minimum atomic E-state index is -1.20. The molecule has 0 saturated heterocycles. The Morgan fingerprint density at radius 2 is 2.06 bits per heavy atom. The molecule has 0 aliphatic heterocycles. The van der Waals surface area contributed by atoms with Crippen molar-refractivity contribution in [1.82, 2.24) is 5.32 Å². The summed E-state index contributed by atoms with van der Waals surface area (Å²) in [6, 6.07) is -1.57. The highest BCUT2D eigenvalue weighted by atomic mass is 35.5. The average Bonchev–Trinajstić information content (AvgIpc) is 2.22. The van der Waals surface area contributed by atoms with E-state index in [0.717, 1.165) is 0 Å². The molecule has 0 amide bonds. The summed E-state index contributed by atoms with van der Waals surface area (Å²) < 4.78 is 12.0. The molecule has 0 aromatic carbocycles. The molecular formula is C8H18Cl2FN3O2S. The molecule has 0 aliphatic rings. The van der Waals surface area contributed by atoms with Crippen LogP contribution in [0.5, 0.6) is 0 Å². The van der Waals surface area contributed by atoms with E-state index in [1.807, 2.05) is 0 Å². The number of carboxylic acid groups (broad SMARTS) is 1. The minimum absolute atomic E-state index is 0. The number of hydrogen-bond acceptors (Lipinski definition) is 4. The maximum Gasteiger partial charge on any atom is 0.327 e. The van der Waals surface area contributed by atoms with Gasteiger partial charge in [0.05, 0.1) is 0 Å². The molecule has 17 heavy (non-hydrogen) atoms. The van der Waals surface area contributed by atoms with Gasteiger partial charge in [-0.25, -0.2) is 9.18 Å². The van der Waals surface area contributed by atoms with Crippen LogP contribution in [0.15, 0.2) is 0 Å². The van der Waals surface area contributed by atoms with Crippen molar-refractivity contribution in [1.29, 1.82) is 5.41 Å². The second-order valence-corrected chi connectivity index (χ2v) is 3.73. The lowest BCUT2D eigenvalue weighted by molar-refractivity contribution is -0.139. The monoisotopic (exact) mass is 309 g/mol. The summed E-state index contributed by atoms with van der Waals surface area (Å²) in [6.07, 6.45) is 0.558. The fourth-order valence-corrected chi connectivity index (χ4v) is 1.42. The quantitative estimate of drug-likeness (QED) is 0.285. The van der Waals surface area contributed by atoms with Crippen LogP contribution in [0.25, 0.3) is 0 Å². The van der Waals surface area contributed by atoms with E-state index in [9.17, 15) is 9.18 Å². The van der Waals surface area contributed by atoms with E-state index in [1.165, 1.54) is 0 Å². The van der Waals surface area contributed by atoms with Gasteiger partial charge in [0.2, 0.25) is 0 Å². The molecular weight excluding hydrogens is 292 g/mol. The van der Waals surface area contributed by atoms with Crippen molar-refractivity contribution in [2.75, 3.05) is 6.67 Å². The van der Waals surface area contributed by atoms with Gasteiger partial charge in [-0.1, -0.05) is 6.92 Å². The van der Waals surface area contributed by atoms with Gasteiger partial charge < -0.3 is 16.2 Å². The van der Waals surface area contributed by atoms with Gasteiger partial charge in [0.25, 0.3) is 0 Å². The molecule has 0 rings (SSSR count). The lowest BCUT2D eigenvalue weighted by atomic mass is 10.0. The second kappa shape index (κ2) is 10.9. The number of hydrogen-bond donors (Lipinski definition) is 5. The molecule has 0 aliphatic carbocycles. The first kappa shape index (κ1) is 22.0. The first-order valence-corrected chi connectivity index (χ1v) is 5.02. The number of amidine groups is 1. The van der Waals surface area contributed by atoms with E-state index < -0.39 is 35.8 Å². The highest BCUT2D eigenvalue weighted by molar-refractivity contribution is 7.81. The van der Waals surface area contributed by atoms with Crippen LogP contribution in [0.1, 0.15) is 13.3 Å². The molecule has 0 bridgehead atoms. The average molecular weight is 310 g/mol. The Balaban J connectivity index is -0.000000980. The van der Waals surface area contributed by atoms with E-state index in [4.69, 9.17) is 16.2 Å². The molecule has 0 spiro atoms. The molecule has 0 radical (unpaired) electrons. The Kier molecular flexibility index (Phi) is 14.1. The fraction of sp³-hybridized carbons (Fsp3) is 0.750. The Hall–Kier alpha value is -0.240. The topological polar surface area (TPSA) is 99.2 Å². The second-order valence-electron chi connectivity index (χ2n) is 3.14. The molecule has 0 aromatic rings. The third-order valence-electron chi connectivity index (χ3n) is 1.98. The van der Waals surface area contributed by atoms with Crippen LogP contribution < -0.4 is 11.1 Å². The number of alkyl halides is 1. The summed E-state index contributed by atoms with van der Waals surface area (Å²) in [6.45, 7) is 0.763. The first-order chi connectivity index (χ1) is 6.93. The van der Waals surface area contributed by atoms with Gasteiger partial charge in [-0.3, -0.25) is 5.41 Å². The third-order valence-corrected chi connectivity index (χ3v) is 2.66. The minimum Gasteiger partial charge on any atom is -0.480 e. The molecule has 0 heterocycles. The van der Waals surface area contributed by atoms with Crippen molar-refractivity contribution in [2.45, 2.75) is 30.7 Å². The summed E-state index contributed by atoms with van der Waals surface area (Å²) in [5.74, 6) is -1.68. The molecule has 0 aromatic heterocycles. The van der Waals surface area contributed by atoms with Crippen LogP contribution >= 0.6 is 37.4 Å². The summed E-state index contributed by atoms with van der Waals surface area (Å²) in [5.41, 5.74) is 5.63. The van der Waals surface area contributed by atoms with E-state index in [2.05, 4.69) is 17.9 Å². The van der Waals surface area contributed by atoms with E-state index in [1.54, 1.807) is 6.92 Å². The van der Waals surface area contributed by atoms with Crippen molar-refractivity contribution in [3.05, 3.63) is 0 Å². The molecule has 3 atom stereocenters. The molecule has 104 valence electrons. The van der Waals surface area contributed by atoms with E-state index in [0.29, 0.717) is 6.42 Å². The lowest BCUT2D eigenvalue weighted by Gasteiger charge is -2.25. The van der Waals surface area contributed by atoms with Gasteiger partial charge in [0.1, 0.15) is 18.6 Å². The van der Waals surface area contributed by atoms with Crippen LogP contribution in [-0.4, -0.2) is 40.9 Å². The first-order valence-electron chi connectivity index (χ1n) is 4.50. The molecule has 2 unspecified atom stereocenters. The maximum atomic E-state index is 12.0. The smallest absolute Gasteiger partial charge is 0.327 e. The molecule has 5 nitrogen and oxygen atoms in total. The number of rotatable bonds is 6. The summed E-state index contributed by atoms with van der Waals surface area (Å²) in [7, 11) is 0. The number of carboxylic acids is 1. The van der Waals surface area contributed by atoms with Crippen molar-refractivity contribution in [3.8, 4) is 0 Å². The van der Waals surface area contributed by atoms with Gasteiger partial charge >= 0.3 is 5.97 Å². The van der Waals surface area contributed by atoms with Crippen molar-refractivity contribution < 1.29 is 14.3 Å². The van der Waals surface area contributed by atoms with Crippen LogP contribution in [0.2, 0.25) is 0 Å². The Labute approximate surface area is 117 Å². The highest BCUT2D eigenvalue weighted by Crippen LogP contribution is 2.09. The summed E-state index contributed by atoms with van der Waals surface area (Å²) in [4.78, 5) is 10.8. The predicted molar refractivity (Wildman–Crippen MR) is 73.8 cm³/mol. The zero-order valence-electron chi connectivity index (χ0n) is 9.22. The lowest BCUT2D eigenvalue weighted by Crippen LogP contribution is -2.53. The van der Waals surface area contributed by atoms with Crippen LogP contribution in [0, 0.1) is 5.41 Å². The summed E-state index contributed by atoms with van der Waals surface area (Å²) in [5, 5.41) is 17.4. The standard InChI is InChI=1S/C8H16FN3O2S.2ClH/c1-2-4(10)7(15)6(8(13)14)12-5(11)3-9;;/h4,6-7,15H,2-3,10H2,1H3,(H2,11,12)(H,13,14);2*1H/t4?,6-,7?;;/m0../s1. The number of aliphatic carboxylic acids is 1. The predicted octanol–water partition coefficient (Wildman–Crippen LogP) is 0.855. The largest absolute Gasteiger partial charge is 0.480 e. The molecule has 0 saturated carbocycles. The van der Waals surface area contributed by atoms with Gasteiger partial charge in [-0.2, -0.15) is 12.6 Å². The summed E-state index contributed by atoms with van der Waals surface area (Å²) >= 11 is 4.07. The Morgan fingerprint density at radius 3 is 2.35 bits per heavy atom. The molecule has 5 N–H and O–H groups in total. The Bertz CT molecular complexity index is 249. The van der Waals surface area contributed by atoms with Crippen LogP contribution in [0.3, 0.4) is 0 Å². The van der Waals surface area contributed by atoms with Crippen molar-refractivity contribution in [3.63, 3.8) is 0 Å². The maximum absolute atomic E-state index is 12.0. The normalized spacial score (nSPS) is 14.6. The zero-order chi connectivity index (χ0) is 12.0. The molecule has 9 heteroatoms. The number of nitrogens with two attached hydrogens (primary N) is 1. The SMILES string of the molecule is CCC(N)C(S)[C@H](NC(=N)CF)C(=O)O.Cl.Cl. The van der Waals surface area contributed by atoms with E-state index >= 15 is 0 Å². The number of thiol groups is 1. The van der Waals surface area contributed by atoms with Crippen molar-refractivity contribution in [2.24, 2.45) is 5.73 Å². The number of halogens is 3. The van der Waals surface area contributed by atoms with Crippen LogP contribution in [-0.2, 0) is 4.79 Å². The Morgan fingerprint density at radius 1 is 1.59 bits per heavy atom. The van der Waals surface area contributed by atoms with Crippen LogP contribution in [0.4, 0.5) is 4.39 Å². The van der Waals surface area contributed by atoms with Gasteiger partial charge in [-0.15, -0.1) is 24.8 Å². The number of nitrogens with one attached hydrogen (secondary N) is 2. The molecule has 0 fully saturated rings. The van der Waals surface area contributed by atoms with Gasteiger partial charge in [0.15, 0.2) is 0 Å². The van der Waals surface area contributed by atoms with E-state index in [-0.39, 0.29) is 24.8 Å². The number of carbonyl (C=O) groups is 1. The van der Waals surface area contributed by atoms with Gasteiger partial charge in [-0.05, 0) is 6.42 Å². The fourth-order valence-electron chi connectivity index (χ4n) is 1.01. The van der Waals surface area contributed by atoms with Gasteiger partial charge in [0, 0.05) is 11.3 Å².